The van der Waals surface area contributed by atoms with Crippen LogP contribution in [0.15, 0.2) is 70.9 Å². The summed E-state index contributed by atoms with van der Waals surface area (Å²) in [4.78, 5) is 0. The second-order valence-electron chi connectivity index (χ2n) is 5.50. The zero-order valence-electron chi connectivity index (χ0n) is 13.5. The van der Waals surface area contributed by atoms with Crippen LogP contribution in [-0.2, 0) is 10.0 Å². The summed E-state index contributed by atoms with van der Waals surface area (Å²) in [5.41, 5.74) is 1.14. The molecule has 0 saturated carbocycles. The number of hydrogen-bond donors (Lipinski definition) is 2. The molecule has 4 nitrogen and oxygen atoms in total. The number of thiophene rings is 1. The molecule has 0 aliphatic carbocycles. The number of nitrogens with one attached hydrogen (secondary N) is 2. The molecular weight excluding hydrogens is 395 g/mol. The van der Waals surface area contributed by atoms with Crippen molar-refractivity contribution in [1.29, 1.82) is 0 Å². The third kappa shape index (κ3) is 4.62. The highest BCUT2D eigenvalue weighted by Gasteiger charge is 2.20. The monoisotopic (exact) mass is 410 g/mol. The van der Waals surface area contributed by atoms with Crippen molar-refractivity contribution in [3.05, 3.63) is 82.4 Å². The number of hydrogen-bond acceptors (Lipinski definition) is 4. The molecule has 0 bridgehead atoms. The molecule has 2 aromatic carbocycles. The first-order chi connectivity index (χ1) is 12.5. The van der Waals surface area contributed by atoms with Crippen LogP contribution < -0.4 is 10.0 Å². The fraction of sp³-hybridized carbons (Fsp3) is 0.111. The normalized spacial score (nSPS) is 12.7. The predicted octanol–water partition coefficient (Wildman–Crippen LogP) is 4.67. The van der Waals surface area contributed by atoms with E-state index < -0.39 is 21.9 Å². The number of rotatable bonds is 7. The molecule has 0 radical (unpaired) electrons. The lowest BCUT2D eigenvalue weighted by Crippen LogP contribution is -2.31. The van der Waals surface area contributed by atoms with E-state index in [2.05, 4.69) is 10.0 Å². The summed E-state index contributed by atoms with van der Waals surface area (Å²) < 4.78 is 42.0. The fourth-order valence-electron chi connectivity index (χ4n) is 2.41. The highest BCUT2D eigenvalue weighted by molar-refractivity contribution is 7.91. The largest absolute Gasteiger partial charge is 0.375 e. The number of sulfonamides is 1. The molecule has 0 spiro atoms. The van der Waals surface area contributed by atoms with Gasteiger partial charge >= 0.3 is 0 Å². The van der Waals surface area contributed by atoms with E-state index in [1.807, 2.05) is 30.3 Å². The Balaban J connectivity index is 1.81. The van der Waals surface area contributed by atoms with Gasteiger partial charge in [0.05, 0.1) is 16.1 Å². The van der Waals surface area contributed by atoms with Crippen LogP contribution in [0.5, 0.6) is 0 Å². The Hall–Kier alpha value is -1.93. The van der Waals surface area contributed by atoms with E-state index in [-0.39, 0.29) is 10.8 Å². The van der Waals surface area contributed by atoms with E-state index in [9.17, 15) is 12.8 Å². The molecule has 1 atom stereocenters. The van der Waals surface area contributed by atoms with Gasteiger partial charge in [0.1, 0.15) is 10.0 Å². The van der Waals surface area contributed by atoms with Crippen LogP contribution in [0.3, 0.4) is 0 Å². The maximum atomic E-state index is 14.0. The Morgan fingerprint density at radius 3 is 2.35 bits per heavy atom. The third-order valence-corrected chi connectivity index (χ3v) is 6.84. The van der Waals surface area contributed by atoms with Gasteiger partial charge in [-0.3, -0.25) is 0 Å². The lowest BCUT2D eigenvalue weighted by molar-refractivity contribution is 0.577. The summed E-state index contributed by atoms with van der Waals surface area (Å²) in [7, 11) is -3.69. The van der Waals surface area contributed by atoms with Gasteiger partial charge in [0.15, 0.2) is 0 Å². The lowest BCUT2D eigenvalue weighted by Gasteiger charge is -2.21. The third-order valence-electron chi connectivity index (χ3n) is 3.70. The Kier molecular flexibility index (Phi) is 5.93. The Morgan fingerprint density at radius 1 is 1.00 bits per heavy atom. The summed E-state index contributed by atoms with van der Waals surface area (Å²) in [6, 6.07) is 18.1. The molecule has 8 heteroatoms. The molecule has 3 aromatic rings. The number of halogens is 2. The lowest BCUT2D eigenvalue weighted by atomic mass is 10.1. The first kappa shape index (κ1) is 18.8. The van der Waals surface area contributed by atoms with Crippen LogP contribution in [0.1, 0.15) is 11.6 Å². The number of para-hydroxylation sites is 1. The van der Waals surface area contributed by atoms with E-state index in [0.29, 0.717) is 10.0 Å². The van der Waals surface area contributed by atoms with Gasteiger partial charge in [0, 0.05) is 6.54 Å². The molecular formula is C18H16ClFN2O2S2. The smallest absolute Gasteiger partial charge is 0.250 e. The van der Waals surface area contributed by atoms with E-state index in [0.717, 1.165) is 16.9 Å². The Morgan fingerprint density at radius 2 is 1.69 bits per heavy atom. The minimum absolute atomic E-state index is 0.0518. The highest BCUT2D eigenvalue weighted by atomic mass is 35.5. The standard InChI is InChI=1S/C18H16ClFN2O2S2/c19-17-10-11-18(25-17)26(23,24)21-12-16(13-6-2-1-3-7-13)22-15-9-5-4-8-14(15)20/h1-11,16,21-22H,12H2. The van der Waals surface area contributed by atoms with Gasteiger partial charge in [0.25, 0.3) is 0 Å². The van der Waals surface area contributed by atoms with Gasteiger partial charge in [-0.05, 0) is 29.8 Å². The molecule has 0 fully saturated rings. The van der Waals surface area contributed by atoms with E-state index in [4.69, 9.17) is 11.6 Å². The SMILES string of the molecule is O=S(=O)(NCC(Nc1ccccc1F)c1ccccc1)c1ccc(Cl)s1. The summed E-state index contributed by atoms with van der Waals surface area (Å²) in [6.45, 7) is 0.0518. The van der Waals surface area contributed by atoms with Crippen molar-refractivity contribution in [2.75, 3.05) is 11.9 Å². The maximum Gasteiger partial charge on any atom is 0.250 e. The van der Waals surface area contributed by atoms with Gasteiger partial charge in [-0.15, -0.1) is 11.3 Å². The molecule has 1 heterocycles. The molecule has 0 aliphatic heterocycles. The summed E-state index contributed by atoms with van der Waals surface area (Å²) in [5.74, 6) is -0.402. The Labute approximate surface area is 160 Å². The number of benzene rings is 2. The van der Waals surface area contributed by atoms with Gasteiger partial charge in [-0.2, -0.15) is 0 Å². The highest BCUT2D eigenvalue weighted by Crippen LogP contribution is 2.26. The zero-order chi connectivity index (χ0) is 18.6. The van der Waals surface area contributed by atoms with Crippen molar-refractivity contribution in [2.24, 2.45) is 0 Å². The van der Waals surface area contributed by atoms with Crippen molar-refractivity contribution < 1.29 is 12.8 Å². The van der Waals surface area contributed by atoms with Crippen LogP contribution >= 0.6 is 22.9 Å². The van der Waals surface area contributed by atoms with Gasteiger partial charge in [-0.25, -0.2) is 17.5 Å². The van der Waals surface area contributed by atoms with Gasteiger partial charge in [-0.1, -0.05) is 54.1 Å². The fourth-order valence-corrected chi connectivity index (χ4v) is 4.98. The topological polar surface area (TPSA) is 58.2 Å². The van der Waals surface area contributed by atoms with Crippen LogP contribution in [0.25, 0.3) is 0 Å². The van der Waals surface area contributed by atoms with Gasteiger partial charge in [0.2, 0.25) is 10.0 Å². The minimum atomic E-state index is -3.69. The van der Waals surface area contributed by atoms with Crippen LogP contribution in [0.2, 0.25) is 4.34 Å². The average Bonchev–Trinajstić information content (AvgIpc) is 3.08. The molecule has 136 valence electrons. The molecule has 0 saturated heterocycles. The first-order valence-corrected chi connectivity index (χ1v) is 10.4. The van der Waals surface area contributed by atoms with Crippen molar-refractivity contribution in [3.63, 3.8) is 0 Å². The second-order valence-corrected chi connectivity index (χ2v) is 9.21. The molecule has 2 N–H and O–H groups in total. The van der Waals surface area contributed by atoms with E-state index in [1.54, 1.807) is 18.2 Å². The summed E-state index contributed by atoms with van der Waals surface area (Å²) in [6.07, 6.45) is 0. The van der Waals surface area contributed by atoms with Crippen molar-refractivity contribution in [3.8, 4) is 0 Å². The quantitative estimate of drug-likeness (QED) is 0.595. The predicted molar refractivity (Wildman–Crippen MR) is 104 cm³/mol. The molecule has 3 rings (SSSR count). The molecule has 0 amide bonds. The molecule has 0 aliphatic rings. The zero-order valence-corrected chi connectivity index (χ0v) is 15.9. The summed E-state index contributed by atoms with van der Waals surface area (Å²) >= 11 is 6.81. The maximum absolute atomic E-state index is 14.0. The minimum Gasteiger partial charge on any atom is -0.375 e. The van der Waals surface area contributed by atoms with Crippen LogP contribution in [0, 0.1) is 5.82 Å². The van der Waals surface area contributed by atoms with Crippen LogP contribution in [0.4, 0.5) is 10.1 Å². The number of anilines is 1. The first-order valence-electron chi connectivity index (χ1n) is 7.77. The average molecular weight is 411 g/mol. The van der Waals surface area contributed by atoms with Gasteiger partial charge < -0.3 is 5.32 Å². The molecule has 26 heavy (non-hydrogen) atoms. The van der Waals surface area contributed by atoms with Crippen molar-refractivity contribution in [1.82, 2.24) is 4.72 Å². The van der Waals surface area contributed by atoms with Crippen molar-refractivity contribution >= 4 is 38.6 Å². The van der Waals surface area contributed by atoms with E-state index >= 15 is 0 Å². The molecule has 1 aromatic heterocycles. The van der Waals surface area contributed by atoms with E-state index in [1.165, 1.54) is 18.2 Å². The Bertz CT molecular complexity index is 978. The molecule has 1 unspecified atom stereocenters. The van der Waals surface area contributed by atoms with Crippen LogP contribution in [-0.4, -0.2) is 15.0 Å². The van der Waals surface area contributed by atoms with Crippen molar-refractivity contribution in [2.45, 2.75) is 10.3 Å². The second kappa shape index (κ2) is 8.18. The summed E-state index contributed by atoms with van der Waals surface area (Å²) in [5, 5.41) is 3.07.